The minimum absolute atomic E-state index is 0.145. The third kappa shape index (κ3) is 5.16. The van der Waals surface area contributed by atoms with Gasteiger partial charge in [-0.1, -0.05) is 0 Å². The molecule has 0 fully saturated rings. The van der Waals surface area contributed by atoms with Gasteiger partial charge in [-0.25, -0.2) is 0 Å². The summed E-state index contributed by atoms with van der Waals surface area (Å²) in [5.41, 5.74) is 1.50. The Bertz CT molecular complexity index is 826. The quantitative estimate of drug-likeness (QED) is 0.650. The van der Waals surface area contributed by atoms with Crippen molar-refractivity contribution in [2.24, 2.45) is 0 Å². The number of benzene rings is 2. The molecule has 0 atom stereocenters. The standard InChI is InChI=1S/C21H27NO7/c1-24-15-11-17(26-3)16(25-2)10-14(15)12-22-20(23)9-13-7-18(27-4)21(29-6)19(8-13)28-5/h7-8,10-11H,9,12H2,1-6H3,(H,22,23). The number of hydrogen-bond donors (Lipinski definition) is 1. The Kier molecular flexibility index (Phi) is 7.82. The molecular weight excluding hydrogens is 378 g/mol. The molecule has 1 amide bonds. The number of hydrogen-bond acceptors (Lipinski definition) is 7. The molecule has 0 aromatic heterocycles. The number of nitrogens with one attached hydrogen (secondary N) is 1. The van der Waals surface area contributed by atoms with E-state index >= 15 is 0 Å². The molecule has 0 heterocycles. The van der Waals surface area contributed by atoms with Crippen LogP contribution in [0.15, 0.2) is 24.3 Å². The van der Waals surface area contributed by atoms with Gasteiger partial charge in [0.25, 0.3) is 0 Å². The Morgan fingerprint density at radius 3 is 1.69 bits per heavy atom. The highest BCUT2D eigenvalue weighted by atomic mass is 16.5. The fourth-order valence-corrected chi connectivity index (χ4v) is 2.91. The molecular formula is C21H27NO7. The van der Waals surface area contributed by atoms with E-state index in [1.807, 2.05) is 0 Å². The van der Waals surface area contributed by atoms with Gasteiger partial charge >= 0.3 is 0 Å². The van der Waals surface area contributed by atoms with Crippen molar-refractivity contribution in [3.05, 3.63) is 35.4 Å². The molecule has 8 nitrogen and oxygen atoms in total. The molecule has 0 unspecified atom stereocenters. The Hall–Kier alpha value is -3.29. The zero-order valence-electron chi connectivity index (χ0n) is 17.6. The van der Waals surface area contributed by atoms with Crippen LogP contribution in [0.1, 0.15) is 11.1 Å². The number of rotatable bonds is 10. The van der Waals surface area contributed by atoms with E-state index < -0.39 is 0 Å². The molecule has 1 N–H and O–H groups in total. The number of ether oxygens (including phenoxy) is 6. The maximum atomic E-state index is 12.5. The predicted molar refractivity (Wildman–Crippen MR) is 108 cm³/mol. The summed E-state index contributed by atoms with van der Waals surface area (Å²) >= 11 is 0. The van der Waals surface area contributed by atoms with E-state index in [0.29, 0.717) is 34.5 Å². The first-order valence-electron chi connectivity index (χ1n) is 8.85. The Labute approximate surface area is 170 Å². The molecule has 0 saturated carbocycles. The van der Waals surface area contributed by atoms with Crippen LogP contribution in [0.3, 0.4) is 0 Å². The number of amides is 1. The van der Waals surface area contributed by atoms with Crippen molar-refractivity contribution in [3.63, 3.8) is 0 Å². The third-order valence-electron chi connectivity index (χ3n) is 4.35. The molecule has 0 aliphatic rings. The van der Waals surface area contributed by atoms with Gasteiger partial charge in [-0.15, -0.1) is 0 Å². The first-order chi connectivity index (χ1) is 14.0. The van der Waals surface area contributed by atoms with Crippen molar-refractivity contribution in [3.8, 4) is 34.5 Å². The fourth-order valence-electron chi connectivity index (χ4n) is 2.91. The summed E-state index contributed by atoms with van der Waals surface area (Å²) in [6.45, 7) is 0.271. The minimum Gasteiger partial charge on any atom is -0.496 e. The van der Waals surface area contributed by atoms with E-state index in [9.17, 15) is 4.79 Å². The second-order valence-electron chi connectivity index (χ2n) is 6.01. The largest absolute Gasteiger partial charge is 0.496 e. The van der Waals surface area contributed by atoms with Crippen LogP contribution in [0, 0.1) is 0 Å². The fraction of sp³-hybridized carbons (Fsp3) is 0.381. The van der Waals surface area contributed by atoms with E-state index in [1.165, 1.54) is 21.3 Å². The second-order valence-corrected chi connectivity index (χ2v) is 6.01. The summed E-state index contributed by atoms with van der Waals surface area (Å²) in [4.78, 5) is 12.5. The first kappa shape index (κ1) is 22.0. The lowest BCUT2D eigenvalue weighted by molar-refractivity contribution is -0.120. The van der Waals surface area contributed by atoms with Crippen molar-refractivity contribution in [1.82, 2.24) is 5.32 Å². The van der Waals surface area contributed by atoms with Gasteiger partial charge in [0, 0.05) is 18.2 Å². The molecule has 8 heteroatoms. The number of methoxy groups -OCH3 is 6. The average molecular weight is 405 g/mol. The summed E-state index contributed by atoms with van der Waals surface area (Å²) in [5.74, 6) is 3.01. The van der Waals surface area contributed by atoms with Gasteiger partial charge in [0.2, 0.25) is 11.7 Å². The van der Waals surface area contributed by atoms with Crippen molar-refractivity contribution >= 4 is 5.91 Å². The summed E-state index contributed by atoms with van der Waals surface area (Å²) < 4.78 is 31.9. The monoisotopic (exact) mass is 405 g/mol. The molecule has 0 spiro atoms. The zero-order chi connectivity index (χ0) is 21.4. The minimum atomic E-state index is -0.170. The van der Waals surface area contributed by atoms with E-state index in [-0.39, 0.29) is 18.9 Å². The van der Waals surface area contributed by atoms with Gasteiger partial charge < -0.3 is 33.7 Å². The van der Waals surface area contributed by atoms with Crippen LogP contribution in [0.25, 0.3) is 0 Å². The summed E-state index contributed by atoms with van der Waals surface area (Å²) in [7, 11) is 9.26. The van der Waals surface area contributed by atoms with Crippen LogP contribution >= 0.6 is 0 Å². The highest BCUT2D eigenvalue weighted by Crippen LogP contribution is 2.38. The molecule has 0 radical (unpaired) electrons. The highest BCUT2D eigenvalue weighted by Gasteiger charge is 2.16. The maximum Gasteiger partial charge on any atom is 0.224 e. The van der Waals surface area contributed by atoms with Crippen LogP contribution in [0.2, 0.25) is 0 Å². The van der Waals surface area contributed by atoms with Crippen LogP contribution < -0.4 is 33.7 Å². The Morgan fingerprint density at radius 2 is 1.21 bits per heavy atom. The maximum absolute atomic E-state index is 12.5. The first-order valence-corrected chi connectivity index (χ1v) is 8.85. The van der Waals surface area contributed by atoms with Crippen LogP contribution in [-0.4, -0.2) is 48.6 Å². The molecule has 29 heavy (non-hydrogen) atoms. The van der Waals surface area contributed by atoms with Crippen LogP contribution in [0.5, 0.6) is 34.5 Å². The van der Waals surface area contributed by atoms with Crippen molar-refractivity contribution in [2.75, 3.05) is 42.7 Å². The number of carbonyl (C=O) groups is 1. The lowest BCUT2D eigenvalue weighted by Crippen LogP contribution is -2.25. The van der Waals surface area contributed by atoms with E-state index in [2.05, 4.69) is 5.32 Å². The molecule has 0 aliphatic heterocycles. The smallest absolute Gasteiger partial charge is 0.224 e. The van der Waals surface area contributed by atoms with E-state index in [4.69, 9.17) is 28.4 Å². The van der Waals surface area contributed by atoms with E-state index in [1.54, 1.807) is 45.6 Å². The Balaban J connectivity index is 2.14. The van der Waals surface area contributed by atoms with Gasteiger partial charge in [0.1, 0.15) is 5.75 Å². The molecule has 2 aromatic carbocycles. The van der Waals surface area contributed by atoms with Crippen LogP contribution in [0.4, 0.5) is 0 Å². The summed E-state index contributed by atoms with van der Waals surface area (Å²) in [5, 5.41) is 2.89. The normalized spacial score (nSPS) is 10.1. The average Bonchev–Trinajstić information content (AvgIpc) is 2.75. The van der Waals surface area contributed by atoms with Gasteiger partial charge in [0.05, 0.1) is 49.1 Å². The molecule has 0 aliphatic carbocycles. The second kappa shape index (κ2) is 10.3. The van der Waals surface area contributed by atoms with Gasteiger partial charge in [-0.05, 0) is 23.8 Å². The summed E-state index contributed by atoms with van der Waals surface area (Å²) in [6, 6.07) is 6.99. The molecule has 2 aromatic rings. The summed E-state index contributed by atoms with van der Waals surface area (Å²) in [6.07, 6.45) is 0.145. The number of carbonyl (C=O) groups excluding carboxylic acids is 1. The van der Waals surface area contributed by atoms with Crippen molar-refractivity contribution in [1.29, 1.82) is 0 Å². The topological polar surface area (TPSA) is 84.5 Å². The molecule has 2 rings (SSSR count). The SMILES string of the molecule is COc1cc(OC)c(OC)cc1CNC(=O)Cc1cc(OC)c(OC)c(OC)c1. The van der Waals surface area contributed by atoms with Gasteiger partial charge in [-0.3, -0.25) is 4.79 Å². The lowest BCUT2D eigenvalue weighted by Gasteiger charge is -2.15. The van der Waals surface area contributed by atoms with Crippen molar-refractivity contribution in [2.45, 2.75) is 13.0 Å². The lowest BCUT2D eigenvalue weighted by atomic mass is 10.1. The molecule has 0 saturated heterocycles. The highest BCUT2D eigenvalue weighted by molar-refractivity contribution is 5.79. The third-order valence-corrected chi connectivity index (χ3v) is 4.35. The van der Waals surface area contributed by atoms with E-state index in [0.717, 1.165) is 11.1 Å². The van der Waals surface area contributed by atoms with Gasteiger partial charge in [0.15, 0.2) is 23.0 Å². The molecule has 0 bridgehead atoms. The molecule has 158 valence electrons. The predicted octanol–water partition coefficient (Wildman–Crippen LogP) is 2.60. The van der Waals surface area contributed by atoms with Crippen molar-refractivity contribution < 1.29 is 33.2 Å². The zero-order valence-corrected chi connectivity index (χ0v) is 17.6. The Morgan fingerprint density at radius 1 is 0.690 bits per heavy atom. The van der Waals surface area contributed by atoms with Gasteiger partial charge in [-0.2, -0.15) is 0 Å². The van der Waals surface area contributed by atoms with Crippen LogP contribution in [-0.2, 0) is 17.8 Å².